The zero-order valence-electron chi connectivity index (χ0n) is 18.8. The highest BCUT2D eigenvalue weighted by atomic mass is 16.3. The van der Waals surface area contributed by atoms with Crippen molar-refractivity contribution in [1.29, 1.82) is 0 Å². The maximum absolute atomic E-state index is 5.56. The van der Waals surface area contributed by atoms with Crippen LogP contribution in [0.4, 0.5) is 5.69 Å². The number of nitrogens with one attached hydrogen (secondary N) is 1. The minimum atomic E-state index is 0.560. The first-order valence-corrected chi connectivity index (χ1v) is 11.4. The van der Waals surface area contributed by atoms with Gasteiger partial charge in [-0.25, -0.2) is 0 Å². The van der Waals surface area contributed by atoms with Crippen molar-refractivity contribution in [2.75, 3.05) is 38.6 Å². The maximum Gasteiger partial charge on any atom is 0.154 e. The number of hydrogen-bond acceptors (Lipinski definition) is 5. The first kappa shape index (κ1) is 20.3. The third-order valence-corrected chi connectivity index (χ3v) is 7.11. The number of furan rings is 1. The van der Waals surface area contributed by atoms with Gasteiger partial charge in [0.2, 0.25) is 0 Å². The highest BCUT2D eigenvalue weighted by Gasteiger charge is 2.41. The van der Waals surface area contributed by atoms with Gasteiger partial charge in [0.15, 0.2) is 5.76 Å². The van der Waals surface area contributed by atoms with Gasteiger partial charge in [-0.3, -0.25) is 9.58 Å². The molecule has 2 aromatic heterocycles. The molecule has 1 unspecified atom stereocenters. The Labute approximate surface area is 184 Å². The summed E-state index contributed by atoms with van der Waals surface area (Å²) >= 11 is 0. The molecule has 164 valence electrons. The summed E-state index contributed by atoms with van der Waals surface area (Å²) in [5.41, 5.74) is 4.88. The molecule has 3 fully saturated rings. The van der Waals surface area contributed by atoms with E-state index in [-0.39, 0.29) is 0 Å². The summed E-state index contributed by atoms with van der Waals surface area (Å²) in [7, 11) is 6.23. The van der Waals surface area contributed by atoms with Crippen molar-refractivity contribution < 1.29 is 4.42 Å². The smallest absolute Gasteiger partial charge is 0.154 e. The summed E-state index contributed by atoms with van der Waals surface area (Å²) in [5, 5.41) is 8.43. The van der Waals surface area contributed by atoms with Crippen molar-refractivity contribution in [2.45, 2.75) is 31.3 Å². The number of nitrogens with zero attached hydrogens (tertiary/aromatic N) is 4. The van der Waals surface area contributed by atoms with Crippen LogP contribution in [0.15, 0.2) is 53.1 Å². The Kier molecular flexibility index (Phi) is 5.59. The molecule has 0 radical (unpaired) electrons. The highest BCUT2D eigenvalue weighted by Crippen LogP contribution is 2.42. The summed E-state index contributed by atoms with van der Waals surface area (Å²) in [6.45, 7) is 4.33. The van der Waals surface area contributed by atoms with Gasteiger partial charge in [-0.15, -0.1) is 0 Å². The quantitative estimate of drug-likeness (QED) is 0.633. The molecule has 3 saturated heterocycles. The summed E-state index contributed by atoms with van der Waals surface area (Å²) in [6, 6.07) is 15.6. The lowest BCUT2D eigenvalue weighted by atomic mass is 9.74. The molecule has 3 aliphatic rings. The molecule has 1 aromatic carbocycles. The molecule has 6 rings (SSSR count). The van der Waals surface area contributed by atoms with E-state index >= 15 is 0 Å². The Balaban J connectivity index is 1.19. The number of rotatable bonds is 7. The zero-order chi connectivity index (χ0) is 21.4. The lowest BCUT2D eigenvalue weighted by molar-refractivity contribution is 0.0282. The first-order valence-electron chi connectivity index (χ1n) is 11.4. The van der Waals surface area contributed by atoms with Gasteiger partial charge in [-0.2, -0.15) is 5.10 Å². The molecule has 0 aliphatic carbocycles. The molecule has 6 nitrogen and oxygen atoms in total. The second-order valence-corrected chi connectivity index (χ2v) is 9.29. The number of aromatic nitrogens is 2. The lowest BCUT2D eigenvalue weighted by Gasteiger charge is -2.50. The summed E-state index contributed by atoms with van der Waals surface area (Å²) in [5.74, 6) is 2.14. The van der Waals surface area contributed by atoms with E-state index in [0.29, 0.717) is 12.0 Å². The van der Waals surface area contributed by atoms with Crippen LogP contribution >= 0.6 is 0 Å². The highest BCUT2D eigenvalue weighted by molar-refractivity contribution is 5.52. The molecule has 3 aromatic rings. The van der Waals surface area contributed by atoms with E-state index in [9.17, 15) is 0 Å². The fraction of sp³-hybridized carbons (Fsp3) is 0.480. The van der Waals surface area contributed by atoms with Crippen LogP contribution in [0, 0.1) is 5.92 Å². The fourth-order valence-electron chi connectivity index (χ4n) is 5.35. The molecule has 0 saturated carbocycles. The first-order chi connectivity index (χ1) is 15.1. The second-order valence-electron chi connectivity index (χ2n) is 9.29. The van der Waals surface area contributed by atoms with Crippen LogP contribution in [0.25, 0.3) is 11.5 Å². The van der Waals surface area contributed by atoms with Gasteiger partial charge >= 0.3 is 0 Å². The standard InChI is InChI=1S/C25H33N5O/c1-28(2)20-8-6-18(7-9-20)15-26-16-21-13-19-10-11-30(21)17-22(19)24-14-23(27-29(24)3)25-5-4-12-31-25/h4-9,12,14,19,21-22,26H,10-11,13,15-17H2,1-3H3/t19-,21+,22+/m0/s1. The van der Waals surface area contributed by atoms with E-state index in [1.807, 2.05) is 12.1 Å². The maximum atomic E-state index is 5.56. The molecule has 6 heteroatoms. The molecular formula is C25H33N5O. The number of benzene rings is 1. The summed E-state index contributed by atoms with van der Waals surface area (Å²) in [6.07, 6.45) is 4.26. The molecule has 1 N–H and O–H groups in total. The molecule has 31 heavy (non-hydrogen) atoms. The molecule has 5 heterocycles. The van der Waals surface area contributed by atoms with Crippen LogP contribution in [-0.4, -0.2) is 54.5 Å². The van der Waals surface area contributed by atoms with E-state index in [2.05, 4.69) is 71.3 Å². The van der Waals surface area contributed by atoms with Crippen LogP contribution in [0.3, 0.4) is 0 Å². The number of piperidine rings is 3. The second kappa shape index (κ2) is 8.52. The van der Waals surface area contributed by atoms with E-state index in [1.54, 1.807) is 6.26 Å². The number of aryl methyl sites for hydroxylation is 1. The third kappa shape index (κ3) is 4.14. The van der Waals surface area contributed by atoms with E-state index < -0.39 is 0 Å². The Morgan fingerprint density at radius 1 is 1.19 bits per heavy atom. The molecule has 4 atom stereocenters. The van der Waals surface area contributed by atoms with Crippen LogP contribution < -0.4 is 10.2 Å². The number of hydrogen-bond donors (Lipinski definition) is 1. The van der Waals surface area contributed by atoms with Gasteiger partial charge in [0.25, 0.3) is 0 Å². The van der Waals surface area contributed by atoms with Crippen LogP contribution in [0.1, 0.15) is 30.0 Å². The Morgan fingerprint density at radius 3 is 2.71 bits per heavy atom. The van der Waals surface area contributed by atoms with Crippen molar-refractivity contribution in [3.8, 4) is 11.5 Å². The van der Waals surface area contributed by atoms with Gasteiger partial charge in [0, 0.05) is 64.1 Å². The average molecular weight is 420 g/mol. The van der Waals surface area contributed by atoms with E-state index in [1.165, 1.54) is 36.3 Å². The van der Waals surface area contributed by atoms with Crippen molar-refractivity contribution >= 4 is 5.69 Å². The van der Waals surface area contributed by atoms with Crippen LogP contribution in [0.2, 0.25) is 0 Å². The predicted octanol–water partition coefficient (Wildman–Crippen LogP) is 3.71. The topological polar surface area (TPSA) is 49.5 Å². The Bertz CT molecular complexity index is 992. The normalized spacial score (nSPS) is 25.1. The van der Waals surface area contributed by atoms with Gasteiger partial charge < -0.3 is 14.6 Å². The third-order valence-electron chi connectivity index (χ3n) is 7.11. The average Bonchev–Trinajstić information content (AvgIpc) is 3.44. The molecule has 0 spiro atoms. The summed E-state index contributed by atoms with van der Waals surface area (Å²) < 4.78 is 7.62. The van der Waals surface area contributed by atoms with Crippen molar-refractivity contribution in [2.24, 2.45) is 13.0 Å². The molecule has 3 aliphatic heterocycles. The fourth-order valence-corrected chi connectivity index (χ4v) is 5.35. The number of fused-ring (bicyclic) bond motifs is 3. The predicted molar refractivity (Wildman–Crippen MR) is 124 cm³/mol. The van der Waals surface area contributed by atoms with Crippen molar-refractivity contribution in [3.63, 3.8) is 0 Å². The van der Waals surface area contributed by atoms with Crippen LogP contribution in [-0.2, 0) is 13.6 Å². The van der Waals surface area contributed by atoms with Crippen molar-refractivity contribution in [1.82, 2.24) is 20.0 Å². The minimum Gasteiger partial charge on any atom is -0.463 e. The summed E-state index contributed by atoms with van der Waals surface area (Å²) in [4.78, 5) is 4.83. The van der Waals surface area contributed by atoms with Gasteiger partial charge in [0.05, 0.1) is 6.26 Å². The van der Waals surface area contributed by atoms with E-state index in [0.717, 1.165) is 37.0 Å². The van der Waals surface area contributed by atoms with E-state index in [4.69, 9.17) is 9.52 Å². The van der Waals surface area contributed by atoms with Gasteiger partial charge in [0.1, 0.15) is 5.69 Å². The monoisotopic (exact) mass is 419 g/mol. The largest absolute Gasteiger partial charge is 0.463 e. The Hall–Kier alpha value is -2.57. The van der Waals surface area contributed by atoms with Crippen molar-refractivity contribution in [3.05, 3.63) is 60.0 Å². The Morgan fingerprint density at radius 2 is 2.03 bits per heavy atom. The molecule has 2 bridgehead atoms. The van der Waals surface area contributed by atoms with Gasteiger partial charge in [-0.1, -0.05) is 12.1 Å². The van der Waals surface area contributed by atoms with Gasteiger partial charge in [-0.05, 0) is 61.2 Å². The number of anilines is 1. The van der Waals surface area contributed by atoms with Crippen LogP contribution in [0.5, 0.6) is 0 Å². The molecular weight excluding hydrogens is 386 g/mol. The zero-order valence-corrected chi connectivity index (χ0v) is 18.8. The minimum absolute atomic E-state index is 0.560. The lowest BCUT2D eigenvalue weighted by Crippen LogP contribution is -2.55. The molecule has 0 amide bonds. The SMILES string of the molecule is CN(C)c1ccc(CNC[C@H]2C[C@@H]3CCN2C[C@H]3c2cc(-c3ccco3)nn2C)cc1.